The molecule has 1 unspecified atom stereocenters. The summed E-state index contributed by atoms with van der Waals surface area (Å²) in [5, 5.41) is 1.96. The van der Waals surface area contributed by atoms with Crippen LogP contribution in [0.1, 0.15) is 24.6 Å². The van der Waals surface area contributed by atoms with Gasteiger partial charge in [0.15, 0.2) is 0 Å². The third kappa shape index (κ3) is 2.10. The predicted molar refractivity (Wildman–Crippen MR) is 72.7 cm³/mol. The van der Waals surface area contributed by atoms with E-state index in [1.165, 1.54) is 0 Å². The number of thiophene rings is 1. The molecule has 104 valence electrons. The van der Waals surface area contributed by atoms with Gasteiger partial charge in [0, 0.05) is 4.88 Å². The van der Waals surface area contributed by atoms with E-state index in [-0.39, 0.29) is 5.97 Å². The van der Waals surface area contributed by atoms with E-state index in [2.05, 4.69) is 14.1 Å². The summed E-state index contributed by atoms with van der Waals surface area (Å²) in [5.41, 5.74) is -0.928. The first-order chi connectivity index (χ1) is 8.85. The van der Waals surface area contributed by atoms with Gasteiger partial charge in [0.25, 0.3) is 0 Å². The van der Waals surface area contributed by atoms with Crippen molar-refractivity contribution in [2.75, 3.05) is 27.2 Å². The van der Waals surface area contributed by atoms with Gasteiger partial charge in [-0.2, -0.15) is 0 Å². The Hall–Kier alpha value is -0.910. The van der Waals surface area contributed by atoms with Crippen LogP contribution in [0.5, 0.6) is 0 Å². The molecule has 5 heteroatoms. The zero-order chi connectivity index (χ0) is 13.7. The lowest BCUT2D eigenvalue weighted by molar-refractivity contribution is -0.898. The number of nitrogens with zero attached hydrogens (tertiary/aromatic N) is 1. The van der Waals surface area contributed by atoms with Crippen LogP contribution >= 0.6 is 11.3 Å². The molecule has 0 N–H and O–H groups in total. The van der Waals surface area contributed by atoms with Gasteiger partial charge in [0.1, 0.15) is 0 Å². The topological polar surface area (TPSA) is 35.5 Å². The molecule has 0 radical (unpaired) electrons. The van der Waals surface area contributed by atoms with Crippen molar-refractivity contribution in [3.8, 4) is 0 Å². The Morgan fingerprint density at radius 2 is 2.00 bits per heavy atom. The van der Waals surface area contributed by atoms with E-state index < -0.39 is 11.4 Å². The summed E-state index contributed by atoms with van der Waals surface area (Å²) in [6.45, 7) is 3.76. The van der Waals surface area contributed by atoms with E-state index in [1.807, 2.05) is 24.4 Å². The normalized spacial score (nSPS) is 32.5. The Morgan fingerprint density at radius 1 is 1.32 bits per heavy atom. The van der Waals surface area contributed by atoms with Crippen LogP contribution in [-0.2, 0) is 19.9 Å². The molecule has 2 saturated heterocycles. The van der Waals surface area contributed by atoms with Gasteiger partial charge in [0.2, 0.25) is 11.4 Å². The molecule has 4 nitrogen and oxygen atoms in total. The molecular weight excluding hydrogens is 262 g/mol. The number of piperidine rings is 1. The number of ether oxygens (including phenoxy) is 2. The first-order valence-electron chi connectivity index (χ1n) is 6.65. The highest BCUT2D eigenvalue weighted by atomic mass is 32.1. The van der Waals surface area contributed by atoms with Crippen LogP contribution in [-0.4, -0.2) is 43.4 Å². The maximum absolute atomic E-state index is 12.3. The summed E-state index contributed by atoms with van der Waals surface area (Å²) in [4.78, 5) is 13.2. The average molecular weight is 282 g/mol. The highest BCUT2D eigenvalue weighted by Crippen LogP contribution is 2.46. The number of rotatable bonds is 1. The van der Waals surface area contributed by atoms with Gasteiger partial charge in [-0.15, -0.1) is 11.3 Å². The van der Waals surface area contributed by atoms with Gasteiger partial charge < -0.3 is 14.0 Å². The number of carbonyl (C=O) groups excluding carboxylic acids is 1. The molecule has 0 aliphatic carbocycles. The molecule has 2 fully saturated rings. The molecule has 3 heterocycles. The fourth-order valence-electron chi connectivity index (χ4n) is 2.79. The molecule has 1 spiro atoms. The minimum atomic E-state index is -0.928. The van der Waals surface area contributed by atoms with Gasteiger partial charge in [0.05, 0.1) is 40.0 Å². The Morgan fingerprint density at radius 3 is 2.58 bits per heavy atom. The van der Waals surface area contributed by atoms with E-state index in [9.17, 15) is 4.79 Å². The van der Waals surface area contributed by atoms with E-state index in [4.69, 9.17) is 9.47 Å². The van der Waals surface area contributed by atoms with Crippen molar-refractivity contribution in [3.05, 3.63) is 22.4 Å². The van der Waals surface area contributed by atoms with Crippen LogP contribution in [0.25, 0.3) is 0 Å². The Balaban J connectivity index is 1.84. The summed E-state index contributed by atoms with van der Waals surface area (Å²) < 4.78 is 12.8. The first-order valence-corrected chi connectivity index (χ1v) is 7.53. The third-order valence-electron chi connectivity index (χ3n) is 4.25. The second-order valence-electron chi connectivity index (χ2n) is 6.30. The van der Waals surface area contributed by atoms with E-state index >= 15 is 0 Å². The maximum Gasteiger partial charge on any atom is 0.346 e. The van der Waals surface area contributed by atoms with E-state index in [1.54, 1.807) is 11.3 Å². The molecule has 0 amide bonds. The van der Waals surface area contributed by atoms with Crippen molar-refractivity contribution in [2.45, 2.75) is 31.2 Å². The largest absolute Gasteiger partial charge is 0.430 e. The van der Waals surface area contributed by atoms with Crippen molar-refractivity contribution in [1.29, 1.82) is 0 Å². The lowest BCUT2D eigenvalue weighted by Crippen LogP contribution is -2.53. The molecule has 1 atom stereocenters. The Kier molecular flexibility index (Phi) is 2.78. The third-order valence-corrected chi connectivity index (χ3v) is 5.32. The molecule has 2 aliphatic heterocycles. The zero-order valence-electron chi connectivity index (χ0n) is 11.6. The Bertz CT molecular complexity index is 487. The van der Waals surface area contributed by atoms with Gasteiger partial charge >= 0.3 is 5.97 Å². The van der Waals surface area contributed by atoms with Crippen molar-refractivity contribution in [1.82, 2.24) is 0 Å². The average Bonchev–Trinajstić information content (AvgIpc) is 2.94. The smallest absolute Gasteiger partial charge is 0.346 e. The number of carbonyl (C=O) groups is 1. The van der Waals surface area contributed by atoms with Crippen molar-refractivity contribution >= 4 is 17.3 Å². The number of likely N-dealkylation sites (tertiary alicyclic amines) is 1. The number of hydrogen-bond donors (Lipinski definition) is 0. The van der Waals surface area contributed by atoms with E-state index in [0.29, 0.717) is 0 Å². The van der Waals surface area contributed by atoms with Crippen LogP contribution in [0.2, 0.25) is 0 Å². The molecule has 3 rings (SSSR count). The monoisotopic (exact) mass is 282 g/mol. The van der Waals surface area contributed by atoms with Crippen molar-refractivity contribution < 1.29 is 18.8 Å². The molecule has 1 aromatic rings. The van der Waals surface area contributed by atoms with Crippen LogP contribution < -0.4 is 0 Å². The molecule has 0 bridgehead atoms. The van der Waals surface area contributed by atoms with Crippen molar-refractivity contribution in [3.63, 3.8) is 0 Å². The highest BCUT2D eigenvalue weighted by molar-refractivity contribution is 7.10. The number of quaternary nitrogens is 1. The van der Waals surface area contributed by atoms with Crippen LogP contribution in [0, 0.1) is 0 Å². The molecule has 19 heavy (non-hydrogen) atoms. The minimum absolute atomic E-state index is 0.248. The summed E-state index contributed by atoms with van der Waals surface area (Å²) in [6, 6.07) is 3.88. The fourth-order valence-corrected chi connectivity index (χ4v) is 3.60. The van der Waals surface area contributed by atoms with Gasteiger partial charge in [-0.05, 0) is 18.4 Å². The SMILES string of the molecule is CC1(c2cccs2)OC2(CC[N+](C)(C)CC2)OC1=O. The van der Waals surface area contributed by atoms with Crippen molar-refractivity contribution in [2.24, 2.45) is 0 Å². The lowest BCUT2D eigenvalue weighted by atomic mass is 10.0. The second-order valence-corrected chi connectivity index (χ2v) is 7.24. The number of hydrogen-bond acceptors (Lipinski definition) is 4. The first kappa shape index (κ1) is 13.1. The molecule has 0 saturated carbocycles. The highest BCUT2D eigenvalue weighted by Gasteiger charge is 2.58. The van der Waals surface area contributed by atoms with Crippen LogP contribution in [0.15, 0.2) is 17.5 Å². The molecule has 1 aromatic heterocycles. The Labute approximate surface area is 117 Å². The van der Waals surface area contributed by atoms with Gasteiger partial charge in [-0.1, -0.05) is 6.07 Å². The summed E-state index contributed by atoms with van der Waals surface area (Å²) in [5.74, 6) is -0.953. The quantitative estimate of drug-likeness (QED) is 0.584. The molecule has 2 aliphatic rings. The zero-order valence-corrected chi connectivity index (χ0v) is 12.5. The summed E-state index contributed by atoms with van der Waals surface area (Å²) >= 11 is 1.54. The molecular formula is C14H20NO3S+. The minimum Gasteiger partial charge on any atom is -0.430 e. The summed E-state index contributed by atoms with van der Waals surface area (Å²) in [7, 11) is 4.39. The fraction of sp³-hybridized carbons (Fsp3) is 0.643. The standard InChI is InChI=1S/C14H20NO3S/c1-13(11-5-4-10-19-11)12(16)17-14(18-13)6-8-15(2,3)9-7-14/h4-5,10H,6-9H2,1-3H3/q+1. The van der Waals surface area contributed by atoms with Gasteiger partial charge in [-0.25, -0.2) is 4.79 Å². The summed E-state index contributed by atoms with van der Waals surface area (Å²) in [6.07, 6.45) is 1.54. The molecule has 0 aromatic carbocycles. The second kappa shape index (κ2) is 4.04. The number of esters is 1. The van der Waals surface area contributed by atoms with Crippen LogP contribution in [0.4, 0.5) is 0 Å². The van der Waals surface area contributed by atoms with Crippen LogP contribution in [0.3, 0.4) is 0 Å². The van der Waals surface area contributed by atoms with Gasteiger partial charge in [-0.3, -0.25) is 0 Å². The van der Waals surface area contributed by atoms with E-state index in [0.717, 1.165) is 35.3 Å². The lowest BCUT2D eigenvalue weighted by Gasteiger charge is -2.41. The predicted octanol–water partition coefficient (Wildman–Crippen LogP) is 2.10. The maximum atomic E-state index is 12.3.